The molecule has 0 aliphatic carbocycles. The minimum atomic E-state index is -0.913. The second-order valence-electron chi connectivity index (χ2n) is 3.94. The Morgan fingerprint density at radius 3 is 2.62 bits per heavy atom. The summed E-state index contributed by atoms with van der Waals surface area (Å²) in [5, 5.41) is 0. The van der Waals surface area contributed by atoms with Crippen LogP contribution in [0.15, 0.2) is 34.8 Å². The third-order valence-electron chi connectivity index (χ3n) is 2.06. The van der Waals surface area contributed by atoms with Gasteiger partial charge in [-0.2, -0.15) is 0 Å². The molecule has 4 heteroatoms. The van der Waals surface area contributed by atoms with Crippen molar-refractivity contribution in [3.63, 3.8) is 0 Å². The molecule has 3 nitrogen and oxygen atoms in total. The molecular formula is C12H11BrO3. The maximum absolute atomic E-state index is 11.4. The van der Waals surface area contributed by atoms with Crippen LogP contribution in [0.3, 0.4) is 0 Å². The molecule has 0 aromatic heterocycles. The predicted molar refractivity (Wildman–Crippen MR) is 63.4 cm³/mol. The minimum absolute atomic E-state index is 0.383. The fourth-order valence-electron chi connectivity index (χ4n) is 1.48. The number of ether oxygens (including phenoxy) is 2. The summed E-state index contributed by atoms with van der Waals surface area (Å²) in [7, 11) is 0. The van der Waals surface area contributed by atoms with Crippen molar-refractivity contribution in [3.05, 3.63) is 40.4 Å². The Hall–Kier alpha value is -1.29. The first-order valence-corrected chi connectivity index (χ1v) is 5.65. The Morgan fingerprint density at radius 1 is 1.25 bits per heavy atom. The van der Waals surface area contributed by atoms with Gasteiger partial charge in [0.1, 0.15) is 5.76 Å². The third kappa shape index (κ3) is 2.44. The zero-order chi connectivity index (χ0) is 11.8. The van der Waals surface area contributed by atoms with Gasteiger partial charge < -0.3 is 9.47 Å². The van der Waals surface area contributed by atoms with E-state index >= 15 is 0 Å². The number of cyclic esters (lactones) is 1. The van der Waals surface area contributed by atoms with Gasteiger partial charge in [0.15, 0.2) is 0 Å². The van der Waals surface area contributed by atoms with Crippen LogP contribution in [0.25, 0.3) is 5.76 Å². The summed E-state index contributed by atoms with van der Waals surface area (Å²) in [4.78, 5) is 11.4. The monoisotopic (exact) mass is 282 g/mol. The first-order valence-electron chi connectivity index (χ1n) is 4.86. The van der Waals surface area contributed by atoms with Gasteiger partial charge in [-0.15, -0.1) is 0 Å². The average Bonchev–Trinajstić information content (AvgIpc) is 2.14. The lowest BCUT2D eigenvalue weighted by Gasteiger charge is -2.30. The number of carbonyl (C=O) groups excluding carboxylic acids is 1. The van der Waals surface area contributed by atoms with Gasteiger partial charge in [-0.1, -0.05) is 28.1 Å². The van der Waals surface area contributed by atoms with E-state index in [0.29, 0.717) is 5.76 Å². The summed E-state index contributed by atoms with van der Waals surface area (Å²) >= 11 is 3.37. The van der Waals surface area contributed by atoms with Crippen LogP contribution in [0, 0.1) is 0 Å². The largest absolute Gasteiger partial charge is 0.452 e. The first-order chi connectivity index (χ1) is 7.46. The van der Waals surface area contributed by atoms with Crippen LogP contribution in [0.1, 0.15) is 19.4 Å². The van der Waals surface area contributed by atoms with Gasteiger partial charge in [0, 0.05) is 23.9 Å². The van der Waals surface area contributed by atoms with Crippen LogP contribution < -0.4 is 0 Å². The fourth-order valence-corrected chi connectivity index (χ4v) is 1.88. The van der Waals surface area contributed by atoms with Crippen LogP contribution in [-0.4, -0.2) is 11.8 Å². The summed E-state index contributed by atoms with van der Waals surface area (Å²) in [6.45, 7) is 3.41. The van der Waals surface area contributed by atoms with E-state index in [1.165, 1.54) is 6.08 Å². The van der Waals surface area contributed by atoms with E-state index in [2.05, 4.69) is 15.9 Å². The maximum atomic E-state index is 11.4. The van der Waals surface area contributed by atoms with Gasteiger partial charge in [-0.3, -0.25) is 0 Å². The Morgan fingerprint density at radius 2 is 2.00 bits per heavy atom. The smallest absolute Gasteiger partial charge is 0.337 e. The summed E-state index contributed by atoms with van der Waals surface area (Å²) < 4.78 is 11.5. The van der Waals surface area contributed by atoms with E-state index in [1.54, 1.807) is 13.8 Å². The second kappa shape index (κ2) is 3.94. The summed E-state index contributed by atoms with van der Waals surface area (Å²) in [5.41, 5.74) is 0.846. The molecule has 1 heterocycles. The second-order valence-corrected chi connectivity index (χ2v) is 4.86. The molecule has 1 aromatic carbocycles. The Balaban J connectivity index is 2.38. The van der Waals surface area contributed by atoms with Crippen LogP contribution >= 0.6 is 15.9 Å². The SMILES string of the molecule is CC1(C)OC(=O)C=C(c2cccc(Br)c2)O1. The van der Waals surface area contributed by atoms with Crippen molar-refractivity contribution in [1.82, 2.24) is 0 Å². The van der Waals surface area contributed by atoms with Crippen molar-refractivity contribution in [3.8, 4) is 0 Å². The Labute approximate surface area is 102 Å². The Kier molecular flexibility index (Phi) is 2.76. The van der Waals surface area contributed by atoms with E-state index in [1.807, 2.05) is 24.3 Å². The van der Waals surface area contributed by atoms with Gasteiger partial charge in [0.2, 0.25) is 5.79 Å². The summed E-state index contributed by atoms with van der Waals surface area (Å²) in [6.07, 6.45) is 1.35. The highest BCUT2D eigenvalue weighted by atomic mass is 79.9. The van der Waals surface area contributed by atoms with E-state index in [0.717, 1.165) is 10.0 Å². The number of benzene rings is 1. The van der Waals surface area contributed by atoms with Crippen LogP contribution in [0.5, 0.6) is 0 Å². The molecule has 84 valence electrons. The quantitative estimate of drug-likeness (QED) is 0.743. The average molecular weight is 283 g/mol. The molecule has 2 rings (SSSR count). The maximum Gasteiger partial charge on any atom is 0.337 e. The van der Waals surface area contributed by atoms with Crippen molar-refractivity contribution in [2.45, 2.75) is 19.6 Å². The number of hydrogen-bond acceptors (Lipinski definition) is 3. The van der Waals surface area contributed by atoms with Crippen LogP contribution in [0.2, 0.25) is 0 Å². The van der Waals surface area contributed by atoms with Gasteiger partial charge in [0.25, 0.3) is 0 Å². The standard InChI is InChI=1S/C12H11BrO3/c1-12(2)15-10(7-11(14)16-12)8-4-3-5-9(13)6-8/h3-7H,1-2H3. The zero-order valence-electron chi connectivity index (χ0n) is 8.99. The molecule has 0 saturated heterocycles. The number of esters is 1. The van der Waals surface area contributed by atoms with E-state index in [9.17, 15) is 4.79 Å². The molecule has 0 unspecified atom stereocenters. The predicted octanol–water partition coefficient (Wildman–Crippen LogP) is 3.10. The van der Waals surface area contributed by atoms with Crippen molar-refractivity contribution >= 4 is 27.7 Å². The summed E-state index contributed by atoms with van der Waals surface area (Å²) in [5.74, 6) is -0.766. The third-order valence-corrected chi connectivity index (χ3v) is 2.55. The van der Waals surface area contributed by atoms with Crippen LogP contribution in [0.4, 0.5) is 0 Å². The summed E-state index contributed by atoms with van der Waals surface area (Å²) in [6, 6.07) is 7.57. The lowest BCUT2D eigenvalue weighted by Crippen LogP contribution is -2.33. The minimum Gasteiger partial charge on any atom is -0.452 e. The highest BCUT2D eigenvalue weighted by molar-refractivity contribution is 9.10. The van der Waals surface area contributed by atoms with Gasteiger partial charge in [0.05, 0.1) is 6.08 Å². The fraction of sp³-hybridized carbons (Fsp3) is 0.250. The van der Waals surface area contributed by atoms with Gasteiger partial charge in [-0.05, 0) is 12.1 Å². The van der Waals surface area contributed by atoms with E-state index in [4.69, 9.17) is 9.47 Å². The zero-order valence-corrected chi connectivity index (χ0v) is 10.6. The van der Waals surface area contributed by atoms with E-state index < -0.39 is 5.79 Å². The normalized spacial score (nSPS) is 18.4. The molecule has 16 heavy (non-hydrogen) atoms. The Bertz CT molecular complexity index is 463. The van der Waals surface area contributed by atoms with Gasteiger partial charge >= 0.3 is 5.97 Å². The molecule has 1 aliphatic heterocycles. The topological polar surface area (TPSA) is 35.5 Å². The molecule has 0 radical (unpaired) electrons. The van der Waals surface area contributed by atoms with Crippen molar-refractivity contribution in [2.75, 3.05) is 0 Å². The molecule has 0 N–H and O–H groups in total. The number of carbonyl (C=O) groups is 1. The number of hydrogen-bond donors (Lipinski definition) is 0. The molecule has 0 fully saturated rings. The first kappa shape index (κ1) is 11.2. The van der Waals surface area contributed by atoms with Crippen molar-refractivity contribution in [1.29, 1.82) is 0 Å². The number of halogens is 1. The molecule has 0 amide bonds. The molecular weight excluding hydrogens is 272 g/mol. The molecule has 0 spiro atoms. The molecule has 1 aliphatic rings. The van der Waals surface area contributed by atoms with Crippen molar-refractivity contribution in [2.24, 2.45) is 0 Å². The molecule has 1 aromatic rings. The van der Waals surface area contributed by atoms with Gasteiger partial charge in [-0.25, -0.2) is 4.79 Å². The van der Waals surface area contributed by atoms with Crippen LogP contribution in [-0.2, 0) is 14.3 Å². The molecule has 0 atom stereocenters. The lowest BCUT2D eigenvalue weighted by atomic mass is 10.1. The highest BCUT2D eigenvalue weighted by Gasteiger charge is 2.30. The molecule has 0 saturated carbocycles. The van der Waals surface area contributed by atoms with E-state index in [-0.39, 0.29) is 5.97 Å². The highest BCUT2D eigenvalue weighted by Crippen LogP contribution is 2.29. The molecule has 0 bridgehead atoms. The van der Waals surface area contributed by atoms with Crippen molar-refractivity contribution < 1.29 is 14.3 Å². The number of rotatable bonds is 1. The lowest BCUT2D eigenvalue weighted by molar-refractivity contribution is -0.193.